The van der Waals surface area contributed by atoms with Gasteiger partial charge in [0.25, 0.3) is 0 Å². The molecule has 0 saturated carbocycles. The zero-order valence-electron chi connectivity index (χ0n) is 8.71. The summed E-state index contributed by atoms with van der Waals surface area (Å²) in [6.07, 6.45) is 2.85. The van der Waals surface area contributed by atoms with Crippen molar-refractivity contribution >= 4 is 0 Å². The lowest BCUT2D eigenvalue weighted by molar-refractivity contribution is -0.0567. The Morgan fingerprint density at radius 2 is 2.23 bits per heavy atom. The van der Waals surface area contributed by atoms with Crippen molar-refractivity contribution in [3.8, 4) is 0 Å². The first-order valence-corrected chi connectivity index (χ1v) is 5.30. The van der Waals surface area contributed by atoms with Crippen molar-refractivity contribution in [2.45, 2.75) is 38.9 Å². The second-order valence-electron chi connectivity index (χ2n) is 3.47. The molecular formula is C10H21NO2. The molecule has 1 fully saturated rings. The maximum absolute atomic E-state index is 5.71. The standard InChI is InChI=1S/C10H21NO2/c1-3-9(4-2)13-8-10-7-11-5-6-12-10/h9-11H,3-8H2,1-2H3. The molecule has 13 heavy (non-hydrogen) atoms. The molecule has 1 heterocycles. The molecular weight excluding hydrogens is 166 g/mol. The van der Waals surface area contributed by atoms with Crippen LogP contribution in [0.1, 0.15) is 26.7 Å². The Morgan fingerprint density at radius 3 is 2.77 bits per heavy atom. The highest BCUT2D eigenvalue weighted by Crippen LogP contribution is 2.05. The van der Waals surface area contributed by atoms with Gasteiger partial charge in [0.05, 0.1) is 25.4 Å². The molecule has 1 atom stereocenters. The number of morpholine rings is 1. The van der Waals surface area contributed by atoms with E-state index >= 15 is 0 Å². The predicted molar refractivity (Wildman–Crippen MR) is 52.9 cm³/mol. The molecule has 78 valence electrons. The van der Waals surface area contributed by atoms with Gasteiger partial charge in [-0.2, -0.15) is 0 Å². The summed E-state index contributed by atoms with van der Waals surface area (Å²) in [5, 5.41) is 3.29. The molecule has 0 spiro atoms. The van der Waals surface area contributed by atoms with Crippen LogP contribution in [0.2, 0.25) is 0 Å². The maximum Gasteiger partial charge on any atom is 0.0933 e. The summed E-state index contributed by atoms with van der Waals surface area (Å²) in [4.78, 5) is 0. The van der Waals surface area contributed by atoms with Crippen LogP contribution in [0.25, 0.3) is 0 Å². The molecule has 0 aromatic rings. The lowest BCUT2D eigenvalue weighted by Gasteiger charge is -2.25. The lowest BCUT2D eigenvalue weighted by Crippen LogP contribution is -2.41. The minimum absolute atomic E-state index is 0.259. The third kappa shape index (κ3) is 4.07. The van der Waals surface area contributed by atoms with Gasteiger partial charge in [-0.1, -0.05) is 13.8 Å². The van der Waals surface area contributed by atoms with Crippen molar-refractivity contribution in [2.24, 2.45) is 0 Å². The van der Waals surface area contributed by atoms with E-state index in [2.05, 4.69) is 19.2 Å². The lowest BCUT2D eigenvalue weighted by atomic mass is 10.2. The zero-order valence-corrected chi connectivity index (χ0v) is 8.71. The number of nitrogens with one attached hydrogen (secondary N) is 1. The van der Waals surface area contributed by atoms with Gasteiger partial charge >= 0.3 is 0 Å². The number of hydrogen-bond acceptors (Lipinski definition) is 3. The van der Waals surface area contributed by atoms with Crippen LogP contribution < -0.4 is 5.32 Å². The summed E-state index contributed by atoms with van der Waals surface area (Å²) in [5.41, 5.74) is 0. The van der Waals surface area contributed by atoms with E-state index in [1.54, 1.807) is 0 Å². The fraction of sp³-hybridized carbons (Fsp3) is 1.00. The third-order valence-electron chi connectivity index (χ3n) is 2.43. The van der Waals surface area contributed by atoms with E-state index in [4.69, 9.17) is 9.47 Å². The Morgan fingerprint density at radius 1 is 1.46 bits per heavy atom. The van der Waals surface area contributed by atoms with Gasteiger partial charge in [0, 0.05) is 13.1 Å². The molecule has 1 aliphatic heterocycles. The fourth-order valence-electron chi connectivity index (χ4n) is 1.49. The summed E-state index contributed by atoms with van der Waals surface area (Å²) in [6.45, 7) is 7.78. The Kier molecular flexibility index (Phi) is 5.35. The van der Waals surface area contributed by atoms with Gasteiger partial charge in [0.2, 0.25) is 0 Å². The highest BCUT2D eigenvalue weighted by Gasteiger charge is 2.14. The first kappa shape index (κ1) is 11.0. The molecule has 0 radical (unpaired) electrons. The van der Waals surface area contributed by atoms with Crippen molar-refractivity contribution in [1.82, 2.24) is 5.32 Å². The van der Waals surface area contributed by atoms with Crippen LogP contribution >= 0.6 is 0 Å². The summed E-state index contributed by atoms with van der Waals surface area (Å²) in [6, 6.07) is 0. The summed E-state index contributed by atoms with van der Waals surface area (Å²) < 4.78 is 11.2. The highest BCUT2D eigenvalue weighted by atomic mass is 16.5. The normalized spacial score (nSPS) is 23.8. The van der Waals surface area contributed by atoms with Gasteiger partial charge in [0.15, 0.2) is 0 Å². The van der Waals surface area contributed by atoms with E-state index in [1.165, 1.54) is 0 Å². The van der Waals surface area contributed by atoms with Gasteiger partial charge in [-0.05, 0) is 12.8 Å². The molecule has 3 nitrogen and oxygen atoms in total. The van der Waals surface area contributed by atoms with Crippen LogP contribution in [0.4, 0.5) is 0 Å². The molecule has 0 aromatic heterocycles. The number of hydrogen-bond donors (Lipinski definition) is 1. The van der Waals surface area contributed by atoms with E-state index < -0.39 is 0 Å². The smallest absolute Gasteiger partial charge is 0.0933 e. The molecule has 0 bridgehead atoms. The molecule has 0 aliphatic carbocycles. The van der Waals surface area contributed by atoms with E-state index in [9.17, 15) is 0 Å². The van der Waals surface area contributed by atoms with Crippen molar-refractivity contribution in [1.29, 1.82) is 0 Å². The minimum atomic E-state index is 0.259. The van der Waals surface area contributed by atoms with Crippen LogP contribution in [0.3, 0.4) is 0 Å². The number of rotatable bonds is 5. The monoisotopic (exact) mass is 187 g/mol. The highest BCUT2D eigenvalue weighted by molar-refractivity contribution is 4.67. The zero-order chi connectivity index (χ0) is 9.52. The van der Waals surface area contributed by atoms with Crippen molar-refractivity contribution in [2.75, 3.05) is 26.3 Å². The third-order valence-corrected chi connectivity index (χ3v) is 2.43. The average Bonchev–Trinajstić information content (AvgIpc) is 2.21. The first-order valence-electron chi connectivity index (χ1n) is 5.30. The second-order valence-corrected chi connectivity index (χ2v) is 3.47. The van der Waals surface area contributed by atoms with Crippen LogP contribution in [0, 0.1) is 0 Å². The van der Waals surface area contributed by atoms with Gasteiger partial charge in [0.1, 0.15) is 0 Å². The Hall–Kier alpha value is -0.120. The topological polar surface area (TPSA) is 30.5 Å². The molecule has 1 saturated heterocycles. The van der Waals surface area contributed by atoms with E-state index in [1.807, 2.05) is 0 Å². The molecule has 0 amide bonds. The SMILES string of the molecule is CCC(CC)OCC1CNCCO1. The average molecular weight is 187 g/mol. The van der Waals surface area contributed by atoms with E-state index in [-0.39, 0.29) is 6.10 Å². The molecule has 1 rings (SSSR count). The van der Waals surface area contributed by atoms with Crippen LogP contribution in [-0.2, 0) is 9.47 Å². The molecule has 1 aliphatic rings. The summed E-state index contributed by atoms with van der Waals surface area (Å²) in [5.74, 6) is 0. The van der Waals surface area contributed by atoms with Crippen molar-refractivity contribution in [3.05, 3.63) is 0 Å². The van der Waals surface area contributed by atoms with Gasteiger partial charge in [-0.25, -0.2) is 0 Å². The summed E-state index contributed by atoms with van der Waals surface area (Å²) in [7, 11) is 0. The largest absolute Gasteiger partial charge is 0.375 e. The van der Waals surface area contributed by atoms with Gasteiger partial charge < -0.3 is 14.8 Å². The Bertz CT molecular complexity index is 120. The van der Waals surface area contributed by atoms with Gasteiger partial charge in [-0.3, -0.25) is 0 Å². The fourth-order valence-corrected chi connectivity index (χ4v) is 1.49. The van der Waals surface area contributed by atoms with Crippen LogP contribution in [0.5, 0.6) is 0 Å². The first-order chi connectivity index (χ1) is 6.36. The second kappa shape index (κ2) is 6.35. The Balaban J connectivity index is 2.09. The summed E-state index contributed by atoms with van der Waals surface area (Å²) >= 11 is 0. The van der Waals surface area contributed by atoms with E-state index in [0.29, 0.717) is 6.10 Å². The molecule has 1 N–H and O–H groups in total. The van der Waals surface area contributed by atoms with Crippen LogP contribution in [0.15, 0.2) is 0 Å². The molecule has 3 heteroatoms. The quantitative estimate of drug-likeness (QED) is 0.701. The van der Waals surface area contributed by atoms with E-state index in [0.717, 1.165) is 39.1 Å². The number of ether oxygens (including phenoxy) is 2. The van der Waals surface area contributed by atoms with Crippen molar-refractivity contribution < 1.29 is 9.47 Å². The predicted octanol–water partition coefficient (Wildman–Crippen LogP) is 1.18. The molecule has 0 aromatic carbocycles. The Labute approximate surface area is 80.8 Å². The minimum Gasteiger partial charge on any atom is -0.375 e. The van der Waals surface area contributed by atoms with Gasteiger partial charge in [-0.15, -0.1) is 0 Å². The maximum atomic E-state index is 5.71. The van der Waals surface area contributed by atoms with Crippen molar-refractivity contribution in [3.63, 3.8) is 0 Å². The van der Waals surface area contributed by atoms with Crippen LogP contribution in [-0.4, -0.2) is 38.5 Å². The molecule has 1 unspecified atom stereocenters.